The fourth-order valence-electron chi connectivity index (χ4n) is 4.52. The van der Waals surface area contributed by atoms with E-state index >= 15 is 0 Å². The third-order valence-electron chi connectivity index (χ3n) is 6.22. The Bertz CT molecular complexity index is 795. The molecule has 0 aliphatic carbocycles. The Labute approximate surface area is 180 Å². The lowest BCUT2D eigenvalue weighted by Crippen LogP contribution is -2.42. The second kappa shape index (κ2) is 10.5. The highest BCUT2D eigenvalue weighted by Crippen LogP contribution is 2.23. The van der Waals surface area contributed by atoms with Crippen molar-refractivity contribution in [2.24, 2.45) is 16.8 Å². The molecule has 0 bridgehead atoms. The van der Waals surface area contributed by atoms with Crippen molar-refractivity contribution in [2.45, 2.75) is 19.4 Å². The van der Waals surface area contributed by atoms with Gasteiger partial charge in [-0.15, -0.1) is 0 Å². The largest absolute Gasteiger partial charge is 0.376 e. The van der Waals surface area contributed by atoms with Crippen molar-refractivity contribution in [3.8, 4) is 0 Å². The van der Waals surface area contributed by atoms with Crippen LogP contribution in [0.15, 0.2) is 65.7 Å². The van der Waals surface area contributed by atoms with Crippen LogP contribution in [0.25, 0.3) is 0 Å². The van der Waals surface area contributed by atoms with E-state index in [-0.39, 0.29) is 0 Å². The topological polar surface area (TPSA) is 40.1 Å². The van der Waals surface area contributed by atoms with Crippen LogP contribution in [0.5, 0.6) is 0 Å². The number of anilines is 1. The number of hydrogen-bond acceptors (Lipinski definition) is 3. The van der Waals surface area contributed by atoms with E-state index < -0.39 is 0 Å². The molecule has 0 radical (unpaired) electrons. The summed E-state index contributed by atoms with van der Waals surface area (Å²) in [5.74, 6) is 2.28. The second-order valence-electron chi connectivity index (χ2n) is 8.47. The van der Waals surface area contributed by atoms with Crippen molar-refractivity contribution in [2.75, 3.05) is 51.3 Å². The van der Waals surface area contributed by atoms with Gasteiger partial charge in [0.15, 0.2) is 5.96 Å². The van der Waals surface area contributed by atoms with Crippen molar-refractivity contribution in [1.29, 1.82) is 0 Å². The molecule has 5 heteroatoms. The number of likely N-dealkylation sites (tertiary alicyclic amines) is 1. The average molecular weight is 407 g/mol. The van der Waals surface area contributed by atoms with Crippen LogP contribution < -0.4 is 10.2 Å². The molecule has 0 spiro atoms. The van der Waals surface area contributed by atoms with Crippen molar-refractivity contribution >= 4 is 11.6 Å². The van der Waals surface area contributed by atoms with Crippen LogP contribution in [0.3, 0.4) is 0 Å². The molecule has 2 fully saturated rings. The molecular weight excluding hydrogens is 372 g/mol. The third-order valence-corrected chi connectivity index (χ3v) is 6.22. The molecule has 30 heavy (non-hydrogen) atoms. The molecule has 2 aromatic rings. The van der Waals surface area contributed by atoms with Gasteiger partial charge < -0.3 is 19.9 Å². The molecule has 2 aliphatic heterocycles. The summed E-state index contributed by atoms with van der Waals surface area (Å²) in [6.07, 6.45) is 2.40. The maximum Gasteiger partial charge on any atom is 0.193 e. The lowest BCUT2D eigenvalue weighted by atomic mass is 10.1. The fraction of sp³-hybridized carbons (Fsp3) is 0.480. The summed E-state index contributed by atoms with van der Waals surface area (Å²) in [6.45, 7) is 6.83. The first-order valence-corrected chi connectivity index (χ1v) is 11.2. The van der Waals surface area contributed by atoms with Crippen LogP contribution in [0.4, 0.5) is 5.69 Å². The quantitative estimate of drug-likeness (QED) is 0.563. The molecule has 0 saturated carbocycles. The maximum atomic E-state index is 5.97. The number of guanidine groups is 1. The van der Waals surface area contributed by atoms with Crippen LogP contribution in [-0.4, -0.2) is 57.2 Å². The zero-order valence-electron chi connectivity index (χ0n) is 18.0. The van der Waals surface area contributed by atoms with Gasteiger partial charge in [0.1, 0.15) is 0 Å². The molecular formula is C25H34N4O. The fourth-order valence-corrected chi connectivity index (χ4v) is 4.52. The Kier molecular flexibility index (Phi) is 7.25. The number of benzene rings is 2. The van der Waals surface area contributed by atoms with E-state index in [2.05, 4.69) is 74.7 Å². The van der Waals surface area contributed by atoms with Gasteiger partial charge in [-0.25, -0.2) is 0 Å². The van der Waals surface area contributed by atoms with Gasteiger partial charge in [-0.1, -0.05) is 48.5 Å². The molecule has 0 aromatic heterocycles. The SMILES string of the molecule is CN=C(NCC1CCN(c2ccccc2)C1)N1CCC(COCc2ccccc2)C1. The Balaban J connectivity index is 1.18. The van der Waals surface area contributed by atoms with E-state index in [4.69, 9.17) is 4.74 Å². The molecule has 2 unspecified atom stereocenters. The summed E-state index contributed by atoms with van der Waals surface area (Å²) in [6, 6.07) is 21.2. The molecule has 5 nitrogen and oxygen atoms in total. The third kappa shape index (κ3) is 5.54. The smallest absolute Gasteiger partial charge is 0.193 e. The monoisotopic (exact) mass is 406 g/mol. The van der Waals surface area contributed by atoms with E-state index in [1.54, 1.807) is 0 Å². The van der Waals surface area contributed by atoms with Crippen molar-refractivity contribution < 1.29 is 4.74 Å². The predicted molar refractivity (Wildman–Crippen MR) is 124 cm³/mol. The Morgan fingerprint density at radius 2 is 1.70 bits per heavy atom. The van der Waals surface area contributed by atoms with Gasteiger partial charge in [-0.2, -0.15) is 0 Å². The minimum atomic E-state index is 0.576. The summed E-state index contributed by atoms with van der Waals surface area (Å²) >= 11 is 0. The van der Waals surface area contributed by atoms with Crippen LogP contribution >= 0.6 is 0 Å². The summed E-state index contributed by atoms with van der Waals surface area (Å²) in [5.41, 5.74) is 2.58. The van der Waals surface area contributed by atoms with E-state index in [0.29, 0.717) is 18.4 Å². The number of para-hydroxylation sites is 1. The van der Waals surface area contributed by atoms with Gasteiger partial charge in [-0.3, -0.25) is 4.99 Å². The highest BCUT2D eigenvalue weighted by molar-refractivity contribution is 5.80. The number of aliphatic imine (C=N–C) groups is 1. The van der Waals surface area contributed by atoms with Crippen molar-refractivity contribution in [3.63, 3.8) is 0 Å². The molecule has 2 heterocycles. The van der Waals surface area contributed by atoms with Crippen LogP contribution in [0, 0.1) is 11.8 Å². The minimum absolute atomic E-state index is 0.576. The Morgan fingerprint density at radius 3 is 2.47 bits per heavy atom. The number of nitrogens with one attached hydrogen (secondary N) is 1. The summed E-state index contributed by atoms with van der Waals surface area (Å²) in [4.78, 5) is 9.43. The van der Waals surface area contributed by atoms with E-state index in [9.17, 15) is 0 Å². The van der Waals surface area contributed by atoms with Crippen molar-refractivity contribution in [3.05, 3.63) is 66.2 Å². The first-order valence-electron chi connectivity index (χ1n) is 11.2. The standard InChI is InChI=1S/C25H34N4O/c1-26-25(27-16-22-12-14-28(17-22)24-10-6-3-7-11-24)29-15-13-23(18-29)20-30-19-21-8-4-2-5-9-21/h2-11,22-23H,12-20H2,1H3,(H,26,27). The summed E-state index contributed by atoms with van der Waals surface area (Å²) in [5, 5.41) is 3.64. The lowest BCUT2D eigenvalue weighted by Gasteiger charge is -2.23. The molecule has 1 N–H and O–H groups in total. The first-order chi connectivity index (χ1) is 14.8. The summed E-state index contributed by atoms with van der Waals surface area (Å²) < 4.78 is 5.97. The van der Waals surface area contributed by atoms with Gasteiger partial charge in [-0.05, 0) is 36.5 Å². The highest BCUT2D eigenvalue weighted by Gasteiger charge is 2.27. The van der Waals surface area contributed by atoms with Gasteiger partial charge in [0.05, 0.1) is 13.2 Å². The maximum absolute atomic E-state index is 5.97. The van der Waals surface area contributed by atoms with Gasteiger partial charge in [0, 0.05) is 51.4 Å². The molecule has 2 aromatic carbocycles. The molecule has 2 aliphatic rings. The van der Waals surface area contributed by atoms with Crippen LogP contribution in [0.2, 0.25) is 0 Å². The predicted octanol–water partition coefficient (Wildman–Crippen LogP) is 3.63. The van der Waals surface area contributed by atoms with Gasteiger partial charge in [0.2, 0.25) is 0 Å². The summed E-state index contributed by atoms with van der Waals surface area (Å²) in [7, 11) is 1.90. The normalized spacial score (nSPS) is 22.0. The van der Waals surface area contributed by atoms with Crippen LogP contribution in [0.1, 0.15) is 18.4 Å². The number of rotatable bonds is 7. The van der Waals surface area contributed by atoms with E-state index in [1.807, 2.05) is 13.1 Å². The number of nitrogens with zero attached hydrogens (tertiary/aromatic N) is 3. The zero-order chi connectivity index (χ0) is 20.6. The Morgan fingerprint density at radius 1 is 0.967 bits per heavy atom. The average Bonchev–Trinajstić information content (AvgIpc) is 3.46. The first kappa shape index (κ1) is 20.7. The molecule has 2 atom stereocenters. The van der Waals surface area contributed by atoms with E-state index in [1.165, 1.54) is 24.1 Å². The number of ether oxygens (including phenoxy) is 1. The minimum Gasteiger partial charge on any atom is -0.376 e. The Hall–Kier alpha value is -2.53. The van der Waals surface area contributed by atoms with Crippen LogP contribution in [-0.2, 0) is 11.3 Å². The lowest BCUT2D eigenvalue weighted by molar-refractivity contribution is 0.0906. The van der Waals surface area contributed by atoms with Crippen molar-refractivity contribution in [1.82, 2.24) is 10.2 Å². The van der Waals surface area contributed by atoms with Gasteiger partial charge in [0.25, 0.3) is 0 Å². The number of hydrogen-bond donors (Lipinski definition) is 1. The van der Waals surface area contributed by atoms with Gasteiger partial charge >= 0.3 is 0 Å². The molecule has 2 saturated heterocycles. The molecule has 160 valence electrons. The van der Waals surface area contributed by atoms with E-state index in [0.717, 1.165) is 45.3 Å². The zero-order valence-corrected chi connectivity index (χ0v) is 18.0. The second-order valence-corrected chi connectivity index (χ2v) is 8.47. The molecule has 0 amide bonds. The highest BCUT2D eigenvalue weighted by atomic mass is 16.5. The molecule has 4 rings (SSSR count).